The van der Waals surface area contributed by atoms with Crippen molar-refractivity contribution in [2.75, 3.05) is 6.54 Å². The molecule has 0 radical (unpaired) electrons. The molecule has 16 heavy (non-hydrogen) atoms. The van der Waals surface area contributed by atoms with Gasteiger partial charge in [-0.2, -0.15) is 0 Å². The second-order valence-electron chi connectivity index (χ2n) is 5.34. The summed E-state index contributed by atoms with van der Waals surface area (Å²) in [6.45, 7) is 3.16. The summed E-state index contributed by atoms with van der Waals surface area (Å²) in [6.07, 6.45) is 8.66. The molecule has 0 aromatic carbocycles. The van der Waals surface area contributed by atoms with Gasteiger partial charge in [0.15, 0.2) is 0 Å². The largest absolute Gasteiger partial charge is 0.352 e. The van der Waals surface area contributed by atoms with Crippen molar-refractivity contribution in [2.24, 2.45) is 5.92 Å². The van der Waals surface area contributed by atoms with E-state index in [0.29, 0.717) is 12.0 Å². The van der Waals surface area contributed by atoms with Crippen LogP contribution in [0, 0.1) is 5.92 Å². The molecule has 0 bridgehead atoms. The van der Waals surface area contributed by atoms with Crippen LogP contribution in [0.15, 0.2) is 0 Å². The lowest BCUT2D eigenvalue weighted by atomic mass is 9.98. The number of carbonyl (C=O) groups excluding carboxylic acids is 1. The molecule has 1 aliphatic heterocycles. The van der Waals surface area contributed by atoms with Crippen LogP contribution in [0.5, 0.6) is 0 Å². The van der Waals surface area contributed by atoms with Crippen LogP contribution < -0.4 is 10.6 Å². The molecule has 2 N–H and O–H groups in total. The molecule has 2 atom stereocenters. The lowest BCUT2D eigenvalue weighted by Gasteiger charge is -2.26. The van der Waals surface area contributed by atoms with E-state index in [0.717, 1.165) is 13.0 Å². The van der Waals surface area contributed by atoms with Gasteiger partial charge in [0.05, 0.1) is 6.04 Å². The molecule has 2 aliphatic rings. The maximum atomic E-state index is 12.0. The summed E-state index contributed by atoms with van der Waals surface area (Å²) < 4.78 is 0. The van der Waals surface area contributed by atoms with Gasteiger partial charge in [-0.3, -0.25) is 4.79 Å². The second kappa shape index (κ2) is 5.67. The first-order chi connectivity index (χ1) is 7.77. The molecule has 2 rings (SSSR count). The molecule has 0 aromatic rings. The predicted molar refractivity (Wildman–Crippen MR) is 65.2 cm³/mol. The number of hydrogen-bond acceptors (Lipinski definition) is 2. The zero-order valence-electron chi connectivity index (χ0n) is 10.3. The van der Waals surface area contributed by atoms with Crippen LogP contribution in [0.4, 0.5) is 0 Å². The van der Waals surface area contributed by atoms with Gasteiger partial charge in [-0.15, -0.1) is 0 Å². The molecule has 1 amide bonds. The minimum Gasteiger partial charge on any atom is -0.352 e. The Morgan fingerprint density at radius 3 is 2.50 bits per heavy atom. The fraction of sp³-hybridized carbons (Fsp3) is 0.923. The van der Waals surface area contributed by atoms with Crippen molar-refractivity contribution < 1.29 is 4.79 Å². The summed E-state index contributed by atoms with van der Waals surface area (Å²) in [6, 6.07) is 0.427. The van der Waals surface area contributed by atoms with E-state index in [2.05, 4.69) is 17.6 Å². The van der Waals surface area contributed by atoms with Gasteiger partial charge in [-0.25, -0.2) is 0 Å². The molecule has 1 saturated carbocycles. The smallest absolute Gasteiger partial charge is 0.237 e. The van der Waals surface area contributed by atoms with E-state index < -0.39 is 0 Å². The monoisotopic (exact) mass is 224 g/mol. The van der Waals surface area contributed by atoms with Crippen molar-refractivity contribution in [3.05, 3.63) is 0 Å². The van der Waals surface area contributed by atoms with E-state index in [9.17, 15) is 4.79 Å². The van der Waals surface area contributed by atoms with Crippen molar-refractivity contribution in [1.82, 2.24) is 10.6 Å². The first-order valence-electron chi connectivity index (χ1n) is 6.81. The van der Waals surface area contributed by atoms with Crippen LogP contribution in [-0.2, 0) is 4.79 Å². The fourth-order valence-electron chi connectivity index (χ4n) is 2.98. The van der Waals surface area contributed by atoms with Crippen molar-refractivity contribution >= 4 is 5.91 Å². The van der Waals surface area contributed by atoms with E-state index >= 15 is 0 Å². The van der Waals surface area contributed by atoms with Crippen LogP contribution >= 0.6 is 0 Å². The number of amides is 1. The normalized spacial score (nSPS) is 28.9. The van der Waals surface area contributed by atoms with Gasteiger partial charge >= 0.3 is 0 Å². The molecule has 0 spiro atoms. The Kier molecular flexibility index (Phi) is 4.22. The SMILES string of the molecule is CC(NC(=O)[C@@H]1CCCCN1)C1CCCC1. The Hall–Kier alpha value is -0.570. The predicted octanol–water partition coefficient (Wildman–Crippen LogP) is 1.82. The third-order valence-corrected chi connectivity index (χ3v) is 4.10. The Morgan fingerprint density at radius 1 is 1.19 bits per heavy atom. The zero-order valence-corrected chi connectivity index (χ0v) is 10.3. The van der Waals surface area contributed by atoms with E-state index in [-0.39, 0.29) is 11.9 Å². The highest BCUT2D eigenvalue weighted by Gasteiger charge is 2.26. The zero-order chi connectivity index (χ0) is 11.4. The highest BCUT2D eigenvalue weighted by Crippen LogP contribution is 2.27. The first kappa shape index (κ1) is 11.9. The van der Waals surface area contributed by atoms with E-state index in [1.807, 2.05) is 0 Å². The van der Waals surface area contributed by atoms with Gasteiger partial charge in [0, 0.05) is 6.04 Å². The average Bonchev–Trinajstić information content (AvgIpc) is 2.83. The summed E-state index contributed by atoms with van der Waals surface area (Å²) in [5, 5.41) is 6.49. The fourth-order valence-corrected chi connectivity index (χ4v) is 2.98. The topological polar surface area (TPSA) is 41.1 Å². The Balaban J connectivity index is 1.76. The quantitative estimate of drug-likeness (QED) is 0.768. The van der Waals surface area contributed by atoms with Gasteiger partial charge in [-0.1, -0.05) is 19.3 Å². The first-order valence-corrected chi connectivity index (χ1v) is 6.81. The molecule has 1 saturated heterocycles. The van der Waals surface area contributed by atoms with Gasteiger partial charge < -0.3 is 10.6 Å². The van der Waals surface area contributed by atoms with Gasteiger partial charge in [0.2, 0.25) is 5.91 Å². The third kappa shape index (κ3) is 2.97. The Labute approximate surface area is 98.4 Å². The lowest BCUT2D eigenvalue weighted by Crippen LogP contribution is -2.50. The molecule has 2 fully saturated rings. The van der Waals surface area contributed by atoms with Crippen LogP contribution in [-0.4, -0.2) is 24.5 Å². The van der Waals surface area contributed by atoms with Crippen LogP contribution in [0.25, 0.3) is 0 Å². The molecular weight excluding hydrogens is 200 g/mol. The van der Waals surface area contributed by atoms with Gasteiger partial charge in [0.25, 0.3) is 0 Å². The average molecular weight is 224 g/mol. The minimum absolute atomic E-state index is 0.0672. The second-order valence-corrected chi connectivity index (χ2v) is 5.34. The molecule has 1 unspecified atom stereocenters. The minimum atomic E-state index is 0.0672. The van der Waals surface area contributed by atoms with E-state index in [1.165, 1.54) is 38.5 Å². The Bertz CT molecular complexity index is 230. The van der Waals surface area contributed by atoms with Crippen molar-refractivity contribution in [2.45, 2.75) is 64.0 Å². The van der Waals surface area contributed by atoms with Crippen molar-refractivity contribution in [1.29, 1.82) is 0 Å². The summed E-state index contributed by atoms with van der Waals surface area (Å²) in [5.74, 6) is 0.937. The summed E-state index contributed by atoms with van der Waals surface area (Å²) in [5.41, 5.74) is 0. The molecule has 92 valence electrons. The Morgan fingerprint density at radius 2 is 1.88 bits per heavy atom. The van der Waals surface area contributed by atoms with Gasteiger partial charge in [0.1, 0.15) is 0 Å². The maximum Gasteiger partial charge on any atom is 0.237 e. The van der Waals surface area contributed by atoms with E-state index in [1.54, 1.807) is 0 Å². The number of rotatable bonds is 3. The summed E-state index contributed by atoms with van der Waals surface area (Å²) >= 11 is 0. The van der Waals surface area contributed by atoms with Crippen molar-refractivity contribution in [3.63, 3.8) is 0 Å². The summed E-state index contributed by atoms with van der Waals surface area (Å²) in [4.78, 5) is 12.0. The van der Waals surface area contributed by atoms with Crippen LogP contribution in [0.3, 0.4) is 0 Å². The lowest BCUT2D eigenvalue weighted by molar-refractivity contribution is -0.124. The van der Waals surface area contributed by atoms with Crippen molar-refractivity contribution in [3.8, 4) is 0 Å². The highest BCUT2D eigenvalue weighted by molar-refractivity contribution is 5.82. The summed E-state index contributed by atoms with van der Waals surface area (Å²) in [7, 11) is 0. The number of piperidine rings is 1. The number of carbonyl (C=O) groups is 1. The highest BCUT2D eigenvalue weighted by atomic mass is 16.2. The number of hydrogen-bond donors (Lipinski definition) is 2. The molecule has 3 nitrogen and oxygen atoms in total. The van der Waals surface area contributed by atoms with Gasteiger partial charge in [-0.05, 0) is 45.1 Å². The molecular formula is C13H24N2O. The molecule has 1 heterocycles. The van der Waals surface area contributed by atoms with E-state index in [4.69, 9.17) is 0 Å². The number of nitrogens with one attached hydrogen (secondary N) is 2. The standard InChI is InChI=1S/C13H24N2O/c1-10(11-6-2-3-7-11)15-13(16)12-8-4-5-9-14-12/h10-12,14H,2-9H2,1H3,(H,15,16)/t10?,12-/m0/s1. The molecule has 3 heteroatoms. The maximum absolute atomic E-state index is 12.0. The molecule has 0 aromatic heterocycles. The molecule has 1 aliphatic carbocycles. The van der Waals surface area contributed by atoms with Crippen LogP contribution in [0.1, 0.15) is 51.9 Å². The third-order valence-electron chi connectivity index (χ3n) is 4.10. The van der Waals surface area contributed by atoms with Crippen LogP contribution in [0.2, 0.25) is 0 Å².